The zero-order valence-corrected chi connectivity index (χ0v) is 8.58. The minimum atomic E-state index is -0.547. The van der Waals surface area contributed by atoms with Crippen LogP contribution in [0.1, 0.15) is 20.3 Å². The molecule has 0 aliphatic carbocycles. The molecule has 0 radical (unpaired) electrons. The van der Waals surface area contributed by atoms with Gasteiger partial charge in [0.2, 0.25) is 5.91 Å². The van der Waals surface area contributed by atoms with Gasteiger partial charge in [-0.2, -0.15) is 0 Å². The van der Waals surface area contributed by atoms with Crippen molar-refractivity contribution in [3.63, 3.8) is 0 Å². The second kappa shape index (κ2) is 5.60. The number of terminal acetylenes is 1. The van der Waals surface area contributed by atoms with E-state index in [1.165, 1.54) is 0 Å². The molecule has 0 bridgehead atoms. The average molecular weight is 182 g/mol. The maximum atomic E-state index is 11.5. The van der Waals surface area contributed by atoms with Gasteiger partial charge in [0, 0.05) is 20.0 Å². The maximum absolute atomic E-state index is 11.5. The van der Waals surface area contributed by atoms with E-state index >= 15 is 0 Å². The van der Waals surface area contributed by atoms with Crippen LogP contribution in [0.25, 0.3) is 0 Å². The number of hydrogen-bond donors (Lipinski definition) is 1. The second-order valence-electron chi connectivity index (χ2n) is 3.63. The molecular formula is C10H18N2O. The maximum Gasteiger partial charge on any atom is 0.240 e. The number of nitrogens with zero attached hydrogens (tertiary/aromatic N) is 1. The lowest BCUT2D eigenvalue weighted by atomic mass is 10.1. The standard InChI is InChI=1S/C10H18N2O/c1-5-6-9(11)10(13)12(4)7-8(2)3/h1,8-9H,6-7,11H2,2-4H3. The van der Waals surface area contributed by atoms with Gasteiger partial charge in [0.15, 0.2) is 0 Å². The molecule has 1 unspecified atom stereocenters. The molecule has 13 heavy (non-hydrogen) atoms. The van der Waals surface area contributed by atoms with Crippen molar-refractivity contribution in [2.45, 2.75) is 26.3 Å². The average Bonchev–Trinajstić information content (AvgIpc) is 2.02. The Kier molecular flexibility index (Phi) is 5.17. The quantitative estimate of drug-likeness (QED) is 0.642. The fraction of sp³-hybridized carbons (Fsp3) is 0.700. The zero-order valence-electron chi connectivity index (χ0n) is 8.58. The predicted molar refractivity (Wildman–Crippen MR) is 53.9 cm³/mol. The molecule has 3 heteroatoms. The van der Waals surface area contributed by atoms with E-state index in [4.69, 9.17) is 12.2 Å². The summed E-state index contributed by atoms with van der Waals surface area (Å²) in [7, 11) is 1.75. The molecular weight excluding hydrogens is 164 g/mol. The Morgan fingerprint density at radius 1 is 1.62 bits per heavy atom. The summed E-state index contributed by atoms with van der Waals surface area (Å²) in [4.78, 5) is 13.1. The van der Waals surface area contributed by atoms with Crippen molar-refractivity contribution in [3.8, 4) is 12.3 Å². The van der Waals surface area contributed by atoms with Gasteiger partial charge < -0.3 is 10.6 Å². The number of carbonyl (C=O) groups excluding carboxylic acids is 1. The van der Waals surface area contributed by atoms with E-state index in [1.54, 1.807) is 11.9 Å². The van der Waals surface area contributed by atoms with Crippen LogP contribution in [-0.4, -0.2) is 30.4 Å². The summed E-state index contributed by atoms with van der Waals surface area (Å²) in [6.45, 7) is 4.82. The van der Waals surface area contributed by atoms with Crippen LogP contribution in [-0.2, 0) is 4.79 Å². The highest BCUT2D eigenvalue weighted by molar-refractivity contribution is 5.81. The van der Waals surface area contributed by atoms with Gasteiger partial charge in [-0.05, 0) is 5.92 Å². The molecule has 0 aliphatic rings. The summed E-state index contributed by atoms with van der Waals surface area (Å²) in [5.74, 6) is 2.76. The van der Waals surface area contributed by atoms with Gasteiger partial charge in [-0.15, -0.1) is 12.3 Å². The van der Waals surface area contributed by atoms with Crippen LogP contribution in [0.5, 0.6) is 0 Å². The van der Waals surface area contributed by atoms with E-state index in [0.29, 0.717) is 12.3 Å². The Morgan fingerprint density at radius 2 is 2.15 bits per heavy atom. The Labute approximate surface area is 80.3 Å². The first-order valence-electron chi connectivity index (χ1n) is 4.43. The van der Waals surface area contributed by atoms with Gasteiger partial charge in [-0.25, -0.2) is 0 Å². The number of likely N-dealkylation sites (N-methyl/N-ethyl adjacent to an activating group) is 1. The van der Waals surface area contributed by atoms with Gasteiger partial charge in [0.1, 0.15) is 0 Å². The molecule has 0 rings (SSSR count). The number of nitrogens with two attached hydrogens (primary N) is 1. The van der Waals surface area contributed by atoms with Gasteiger partial charge in [0.05, 0.1) is 6.04 Å². The Morgan fingerprint density at radius 3 is 2.54 bits per heavy atom. The van der Waals surface area contributed by atoms with Gasteiger partial charge in [-0.1, -0.05) is 13.8 Å². The minimum absolute atomic E-state index is 0.0772. The summed E-state index contributed by atoms with van der Waals surface area (Å²) < 4.78 is 0. The Balaban J connectivity index is 4.03. The van der Waals surface area contributed by atoms with Crippen LogP contribution in [0, 0.1) is 18.3 Å². The van der Waals surface area contributed by atoms with E-state index in [-0.39, 0.29) is 5.91 Å². The molecule has 0 spiro atoms. The first kappa shape index (κ1) is 12.0. The zero-order chi connectivity index (χ0) is 10.4. The lowest BCUT2D eigenvalue weighted by Crippen LogP contribution is -2.42. The molecule has 0 fully saturated rings. The molecule has 0 aromatic heterocycles. The van der Waals surface area contributed by atoms with Crippen LogP contribution in [0.2, 0.25) is 0 Å². The minimum Gasteiger partial charge on any atom is -0.344 e. The summed E-state index contributed by atoms with van der Waals surface area (Å²) in [6, 6.07) is -0.547. The molecule has 0 aromatic carbocycles. The number of hydrogen-bond acceptors (Lipinski definition) is 2. The highest BCUT2D eigenvalue weighted by Crippen LogP contribution is 1.99. The third kappa shape index (κ3) is 4.54. The van der Waals surface area contributed by atoms with Crippen LogP contribution in [0.4, 0.5) is 0 Å². The van der Waals surface area contributed by atoms with Crippen molar-refractivity contribution >= 4 is 5.91 Å². The van der Waals surface area contributed by atoms with Crippen molar-refractivity contribution in [1.82, 2.24) is 4.90 Å². The van der Waals surface area contributed by atoms with Gasteiger partial charge in [0.25, 0.3) is 0 Å². The van der Waals surface area contributed by atoms with E-state index in [9.17, 15) is 4.79 Å². The van der Waals surface area contributed by atoms with E-state index in [2.05, 4.69) is 19.8 Å². The monoisotopic (exact) mass is 182 g/mol. The van der Waals surface area contributed by atoms with Crippen molar-refractivity contribution in [1.29, 1.82) is 0 Å². The second-order valence-corrected chi connectivity index (χ2v) is 3.63. The fourth-order valence-corrected chi connectivity index (χ4v) is 1.14. The third-order valence-electron chi connectivity index (χ3n) is 1.67. The van der Waals surface area contributed by atoms with Crippen molar-refractivity contribution in [2.75, 3.05) is 13.6 Å². The van der Waals surface area contributed by atoms with E-state index < -0.39 is 6.04 Å². The van der Waals surface area contributed by atoms with Crippen molar-refractivity contribution < 1.29 is 4.79 Å². The first-order valence-corrected chi connectivity index (χ1v) is 4.43. The molecule has 3 nitrogen and oxygen atoms in total. The smallest absolute Gasteiger partial charge is 0.240 e. The van der Waals surface area contributed by atoms with Crippen LogP contribution < -0.4 is 5.73 Å². The summed E-state index contributed by atoms with van der Waals surface area (Å²) in [5, 5.41) is 0. The molecule has 0 aliphatic heterocycles. The Hall–Kier alpha value is -1.01. The predicted octanol–water partition coefficient (Wildman–Crippen LogP) is 0.451. The highest BCUT2D eigenvalue weighted by atomic mass is 16.2. The summed E-state index contributed by atoms with van der Waals surface area (Å²) in [5.41, 5.74) is 5.57. The molecule has 1 amide bonds. The summed E-state index contributed by atoms with van der Waals surface area (Å²) >= 11 is 0. The first-order chi connectivity index (χ1) is 5.99. The molecule has 0 saturated carbocycles. The largest absolute Gasteiger partial charge is 0.344 e. The molecule has 74 valence electrons. The van der Waals surface area contributed by atoms with Crippen LogP contribution in [0.15, 0.2) is 0 Å². The topological polar surface area (TPSA) is 46.3 Å². The lowest BCUT2D eigenvalue weighted by molar-refractivity contribution is -0.131. The van der Waals surface area contributed by atoms with E-state index in [1.807, 2.05) is 0 Å². The number of amides is 1. The molecule has 2 N–H and O–H groups in total. The summed E-state index contributed by atoms with van der Waals surface area (Å²) in [6.07, 6.45) is 5.37. The van der Waals surface area contributed by atoms with Crippen molar-refractivity contribution in [2.24, 2.45) is 11.7 Å². The molecule has 0 aromatic rings. The highest BCUT2D eigenvalue weighted by Gasteiger charge is 2.17. The fourth-order valence-electron chi connectivity index (χ4n) is 1.14. The van der Waals surface area contributed by atoms with Gasteiger partial charge in [-0.3, -0.25) is 4.79 Å². The third-order valence-corrected chi connectivity index (χ3v) is 1.67. The van der Waals surface area contributed by atoms with Crippen LogP contribution >= 0.6 is 0 Å². The molecule has 0 saturated heterocycles. The lowest BCUT2D eigenvalue weighted by Gasteiger charge is -2.21. The number of carbonyl (C=O) groups is 1. The normalized spacial score (nSPS) is 12.3. The molecule has 1 atom stereocenters. The van der Waals surface area contributed by atoms with Crippen LogP contribution in [0.3, 0.4) is 0 Å². The van der Waals surface area contributed by atoms with Gasteiger partial charge >= 0.3 is 0 Å². The Bertz CT molecular complexity index is 205. The number of rotatable bonds is 4. The van der Waals surface area contributed by atoms with Crippen molar-refractivity contribution in [3.05, 3.63) is 0 Å². The van der Waals surface area contributed by atoms with E-state index in [0.717, 1.165) is 6.54 Å². The molecule has 0 heterocycles. The SMILES string of the molecule is C#CCC(N)C(=O)N(C)CC(C)C.